The van der Waals surface area contributed by atoms with E-state index in [9.17, 15) is 0 Å². The van der Waals surface area contributed by atoms with Crippen LogP contribution in [-0.2, 0) is 4.74 Å². The molecule has 3 nitrogen and oxygen atoms in total. The first kappa shape index (κ1) is 9.96. The third-order valence-electron chi connectivity index (χ3n) is 2.10. The van der Waals surface area contributed by atoms with E-state index in [2.05, 4.69) is 17.6 Å². The lowest BCUT2D eigenvalue weighted by molar-refractivity contribution is 0.0768. The molecular weight excluding hydrogens is 152 g/mol. The van der Waals surface area contributed by atoms with Crippen molar-refractivity contribution in [3.8, 4) is 0 Å². The predicted octanol–water partition coefficient (Wildman–Crippen LogP) is 0.365. The van der Waals surface area contributed by atoms with Crippen molar-refractivity contribution in [3.63, 3.8) is 0 Å². The van der Waals surface area contributed by atoms with Gasteiger partial charge in [-0.3, -0.25) is 0 Å². The van der Waals surface area contributed by atoms with Crippen LogP contribution in [0.3, 0.4) is 0 Å². The quantitative estimate of drug-likeness (QED) is 0.588. The Bertz CT molecular complexity index is 103. The molecule has 1 unspecified atom stereocenters. The van der Waals surface area contributed by atoms with E-state index in [1.165, 1.54) is 12.8 Å². The van der Waals surface area contributed by atoms with Gasteiger partial charge in [-0.2, -0.15) is 0 Å². The lowest BCUT2D eigenvalue weighted by Gasteiger charge is -2.23. The van der Waals surface area contributed by atoms with Gasteiger partial charge in [0.05, 0.1) is 13.2 Å². The van der Waals surface area contributed by atoms with E-state index in [1.807, 2.05) is 0 Å². The third kappa shape index (κ3) is 4.04. The number of hydrogen-bond acceptors (Lipinski definition) is 3. The van der Waals surface area contributed by atoms with Crippen LogP contribution in [0.15, 0.2) is 0 Å². The van der Waals surface area contributed by atoms with Gasteiger partial charge in [0, 0.05) is 19.1 Å². The van der Waals surface area contributed by atoms with Crippen LogP contribution in [0.4, 0.5) is 0 Å². The Hall–Kier alpha value is -0.120. The molecule has 0 amide bonds. The molecule has 12 heavy (non-hydrogen) atoms. The maximum Gasteiger partial charge on any atom is 0.0632 e. The molecule has 0 aromatic heterocycles. The van der Waals surface area contributed by atoms with Gasteiger partial charge in [-0.1, -0.05) is 13.3 Å². The Balaban J connectivity index is 1.91. The molecule has 0 spiro atoms. The largest absolute Gasteiger partial charge is 0.378 e. The van der Waals surface area contributed by atoms with Crippen molar-refractivity contribution in [2.75, 3.05) is 32.8 Å². The van der Waals surface area contributed by atoms with E-state index >= 15 is 0 Å². The van der Waals surface area contributed by atoms with Crippen LogP contribution in [0.5, 0.6) is 0 Å². The van der Waals surface area contributed by atoms with Gasteiger partial charge in [0.1, 0.15) is 0 Å². The topological polar surface area (TPSA) is 33.3 Å². The molecule has 1 rings (SSSR count). The fourth-order valence-electron chi connectivity index (χ4n) is 1.33. The second-order valence-corrected chi connectivity index (χ2v) is 3.28. The summed E-state index contributed by atoms with van der Waals surface area (Å²) in [4.78, 5) is 0. The molecule has 1 saturated heterocycles. The Labute approximate surface area is 74.9 Å². The monoisotopic (exact) mass is 172 g/mol. The minimum atomic E-state index is 0.524. The summed E-state index contributed by atoms with van der Waals surface area (Å²) in [6, 6.07) is 0.524. The molecule has 0 bridgehead atoms. The number of unbranched alkanes of at least 4 members (excludes halogenated alkanes) is 1. The highest BCUT2D eigenvalue weighted by atomic mass is 16.5. The minimum Gasteiger partial charge on any atom is -0.378 e. The first-order valence-electron chi connectivity index (χ1n) is 4.95. The van der Waals surface area contributed by atoms with Crippen molar-refractivity contribution < 1.29 is 4.74 Å². The van der Waals surface area contributed by atoms with Gasteiger partial charge in [0.25, 0.3) is 0 Å². The van der Waals surface area contributed by atoms with Crippen LogP contribution in [-0.4, -0.2) is 38.9 Å². The standard InChI is InChI=1S/C9H20N2O/c1-2-3-4-10-7-9-8-12-6-5-11-9/h9-11H,2-8H2,1H3. The highest BCUT2D eigenvalue weighted by molar-refractivity contribution is 4.72. The first-order valence-corrected chi connectivity index (χ1v) is 4.95. The van der Waals surface area contributed by atoms with Crippen molar-refractivity contribution in [1.82, 2.24) is 10.6 Å². The second-order valence-electron chi connectivity index (χ2n) is 3.28. The highest BCUT2D eigenvalue weighted by Gasteiger charge is 2.11. The molecule has 0 radical (unpaired) electrons. The zero-order chi connectivity index (χ0) is 8.65. The molecule has 72 valence electrons. The Morgan fingerprint density at radius 2 is 2.50 bits per heavy atom. The second kappa shape index (κ2) is 6.40. The molecular formula is C9H20N2O. The fourth-order valence-corrected chi connectivity index (χ4v) is 1.33. The summed E-state index contributed by atoms with van der Waals surface area (Å²) in [5.74, 6) is 0. The molecule has 1 atom stereocenters. The Morgan fingerprint density at radius 1 is 1.58 bits per heavy atom. The van der Waals surface area contributed by atoms with Gasteiger partial charge in [-0.25, -0.2) is 0 Å². The molecule has 0 aliphatic carbocycles. The van der Waals surface area contributed by atoms with Gasteiger partial charge in [0.15, 0.2) is 0 Å². The van der Waals surface area contributed by atoms with Crippen molar-refractivity contribution >= 4 is 0 Å². The zero-order valence-electron chi connectivity index (χ0n) is 7.94. The number of morpholine rings is 1. The Morgan fingerprint density at radius 3 is 3.17 bits per heavy atom. The van der Waals surface area contributed by atoms with Gasteiger partial charge in [-0.05, 0) is 13.0 Å². The van der Waals surface area contributed by atoms with E-state index in [0.717, 1.165) is 32.8 Å². The van der Waals surface area contributed by atoms with Crippen LogP contribution in [0.2, 0.25) is 0 Å². The van der Waals surface area contributed by atoms with Crippen molar-refractivity contribution in [3.05, 3.63) is 0 Å². The molecule has 1 heterocycles. The number of ether oxygens (including phenoxy) is 1. The summed E-state index contributed by atoms with van der Waals surface area (Å²) in [6.07, 6.45) is 2.54. The van der Waals surface area contributed by atoms with Crippen molar-refractivity contribution in [1.29, 1.82) is 0 Å². The minimum absolute atomic E-state index is 0.524. The van der Waals surface area contributed by atoms with E-state index in [-0.39, 0.29) is 0 Å². The number of hydrogen-bond donors (Lipinski definition) is 2. The molecule has 0 saturated carbocycles. The Kier molecular flexibility index (Phi) is 5.32. The SMILES string of the molecule is CCCCNCC1COCCN1. The fraction of sp³-hybridized carbons (Fsp3) is 1.00. The predicted molar refractivity (Wildman–Crippen MR) is 50.4 cm³/mol. The first-order chi connectivity index (χ1) is 5.93. The van der Waals surface area contributed by atoms with E-state index in [1.54, 1.807) is 0 Å². The summed E-state index contributed by atoms with van der Waals surface area (Å²) < 4.78 is 5.34. The van der Waals surface area contributed by atoms with Crippen LogP contribution >= 0.6 is 0 Å². The lowest BCUT2D eigenvalue weighted by Crippen LogP contribution is -2.47. The van der Waals surface area contributed by atoms with Gasteiger partial charge >= 0.3 is 0 Å². The van der Waals surface area contributed by atoms with E-state index in [4.69, 9.17) is 4.74 Å². The molecule has 2 N–H and O–H groups in total. The van der Waals surface area contributed by atoms with Gasteiger partial charge in [-0.15, -0.1) is 0 Å². The van der Waals surface area contributed by atoms with Crippen LogP contribution < -0.4 is 10.6 Å². The van der Waals surface area contributed by atoms with Crippen LogP contribution in [0, 0.1) is 0 Å². The summed E-state index contributed by atoms with van der Waals surface area (Å²) in [6.45, 7) is 7.11. The number of rotatable bonds is 5. The smallest absolute Gasteiger partial charge is 0.0632 e. The summed E-state index contributed by atoms with van der Waals surface area (Å²) in [7, 11) is 0. The highest BCUT2D eigenvalue weighted by Crippen LogP contribution is 1.91. The van der Waals surface area contributed by atoms with Crippen molar-refractivity contribution in [2.24, 2.45) is 0 Å². The number of nitrogens with one attached hydrogen (secondary N) is 2. The van der Waals surface area contributed by atoms with Crippen LogP contribution in [0.1, 0.15) is 19.8 Å². The molecule has 1 aliphatic rings. The average molecular weight is 172 g/mol. The van der Waals surface area contributed by atoms with Crippen LogP contribution in [0.25, 0.3) is 0 Å². The maximum absolute atomic E-state index is 5.34. The van der Waals surface area contributed by atoms with E-state index in [0.29, 0.717) is 6.04 Å². The van der Waals surface area contributed by atoms with Gasteiger partial charge < -0.3 is 15.4 Å². The van der Waals surface area contributed by atoms with Gasteiger partial charge in [0.2, 0.25) is 0 Å². The van der Waals surface area contributed by atoms with E-state index < -0.39 is 0 Å². The normalized spacial score (nSPS) is 24.2. The molecule has 1 fully saturated rings. The average Bonchev–Trinajstić information content (AvgIpc) is 2.14. The lowest BCUT2D eigenvalue weighted by atomic mass is 10.2. The third-order valence-corrected chi connectivity index (χ3v) is 2.10. The summed E-state index contributed by atoms with van der Waals surface area (Å²) in [5, 5.41) is 6.82. The molecule has 0 aromatic carbocycles. The summed E-state index contributed by atoms with van der Waals surface area (Å²) >= 11 is 0. The molecule has 0 aromatic rings. The van der Waals surface area contributed by atoms with Crippen molar-refractivity contribution in [2.45, 2.75) is 25.8 Å². The zero-order valence-corrected chi connectivity index (χ0v) is 7.94. The molecule has 3 heteroatoms. The summed E-state index contributed by atoms with van der Waals surface area (Å²) in [5.41, 5.74) is 0. The molecule has 1 aliphatic heterocycles. The maximum atomic E-state index is 5.34.